The van der Waals surface area contributed by atoms with E-state index in [2.05, 4.69) is 11.2 Å². The van der Waals surface area contributed by atoms with Gasteiger partial charge in [0.25, 0.3) is 0 Å². The van der Waals surface area contributed by atoms with E-state index in [1.165, 1.54) is 12.3 Å². The first-order valence-electron chi connectivity index (χ1n) is 2.22. The molecule has 0 saturated heterocycles. The van der Waals surface area contributed by atoms with E-state index >= 15 is 0 Å². The van der Waals surface area contributed by atoms with E-state index in [-0.39, 0.29) is 5.43 Å². The van der Waals surface area contributed by atoms with Gasteiger partial charge in [-0.2, -0.15) is 0 Å². The lowest BCUT2D eigenvalue weighted by atomic mass is 10.5. The van der Waals surface area contributed by atoms with E-state index < -0.39 is 0 Å². The van der Waals surface area contributed by atoms with Crippen molar-refractivity contribution in [1.82, 2.24) is 4.98 Å². The molecule has 39 valence electrons. The van der Waals surface area contributed by atoms with Crippen molar-refractivity contribution in [2.24, 2.45) is 0 Å². The van der Waals surface area contributed by atoms with Gasteiger partial charge in [-0.15, -0.1) is 0 Å². The van der Waals surface area contributed by atoms with Crippen LogP contribution in [-0.4, -0.2) is 4.98 Å². The van der Waals surface area contributed by atoms with Crippen molar-refractivity contribution in [2.45, 2.75) is 0 Å². The normalized spacial score (nSPS) is 8.50. The fourth-order valence-electron chi connectivity index (χ4n) is 0.374. The predicted octanol–water partition coefficient (Wildman–Crippen LogP) is 0.242. The summed E-state index contributed by atoms with van der Waals surface area (Å²) >= 11 is 0. The lowest BCUT2D eigenvalue weighted by Gasteiger charge is -1.54. The predicted molar refractivity (Wildman–Crippen MR) is 29.3 cm³/mol. The van der Waals surface area contributed by atoms with Crippen LogP contribution in [-0.2, 0) is 0 Å². The van der Waals surface area contributed by atoms with Crippen LogP contribution in [0.15, 0.2) is 29.2 Å². The molecule has 1 aromatic heterocycles. The Morgan fingerprint density at radius 2 is 2.38 bits per heavy atom. The zero-order valence-corrected chi connectivity index (χ0v) is 4.16. The second kappa shape index (κ2) is 2.21. The minimum Gasteiger partial charge on any atom is -0.287 e. The smallest absolute Gasteiger partial charge is 0.206 e. The van der Waals surface area contributed by atoms with Crippen LogP contribution in [0.1, 0.15) is 0 Å². The topological polar surface area (TPSA) is 30.0 Å². The van der Waals surface area contributed by atoms with E-state index in [0.29, 0.717) is 0 Å². The van der Waals surface area contributed by atoms with Gasteiger partial charge in [-0.3, -0.25) is 9.78 Å². The fourth-order valence-corrected chi connectivity index (χ4v) is 0.374. The van der Waals surface area contributed by atoms with Crippen molar-refractivity contribution < 1.29 is 0 Å². The molecule has 0 saturated carbocycles. The van der Waals surface area contributed by atoms with Crippen LogP contribution in [0.2, 0.25) is 0 Å². The Hall–Kier alpha value is -1.18. The molecule has 0 N–H and O–H groups in total. The van der Waals surface area contributed by atoms with Crippen molar-refractivity contribution in [3.63, 3.8) is 0 Å². The molecular weight excluding hydrogens is 102 g/mol. The molecule has 0 aliphatic carbocycles. The molecule has 0 aromatic carbocycles. The maximum absolute atomic E-state index is 10.4. The van der Waals surface area contributed by atoms with E-state index in [0.717, 1.165) is 0 Å². The summed E-state index contributed by atoms with van der Waals surface area (Å²) in [6.45, 7) is 0. The molecule has 0 unspecified atom stereocenters. The van der Waals surface area contributed by atoms with Crippen molar-refractivity contribution in [3.05, 3.63) is 40.8 Å². The number of hydrogen-bond acceptors (Lipinski definition) is 2. The minimum absolute atomic E-state index is 0.185. The Balaban J connectivity index is 3.32. The molecule has 0 aliphatic heterocycles. The van der Waals surface area contributed by atoms with Crippen molar-refractivity contribution in [3.8, 4) is 0 Å². The average molecular weight is 106 g/mol. The third kappa shape index (κ3) is 1.15. The molecule has 0 bridgehead atoms. The van der Waals surface area contributed by atoms with Gasteiger partial charge in [0.05, 0.1) is 0 Å². The van der Waals surface area contributed by atoms with Gasteiger partial charge in [0.2, 0.25) is 5.43 Å². The highest BCUT2D eigenvalue weighted by molar-refractivity contribution is 4.90. The molecule has 0 spiro atoms. The van der Waals surface area contributed by atoms with E-state index in [9.17, 15) is 4.79 Å². The van der Waals surface area contributed by atoms with Gasteiger partial charge in [-0.05, 0) is 12.1 Å². The van der Waals surface area contributed by atoms with Gasteiger partial charge >= 0.3 is 0 Å². The Bertz CT molecular complexity index is 199. The first kappa shape index (κ1) is 4.97. The van der Waals surface area contributed by atoms with Gasteiger partial charge in [-0.1, -0.05) is 6.07 Å². The van der Waals surface area contributed by atoms with Gasteiger partial charge in [0.1, 0.15) is 6.20 Å². The monoisotopic (exact) mass is 106 g/mol. The molecule has 1 radical (unpaired) electrons. The zero-order valence-electron chi connectivity index (χ0n) is 4.16. The molecule has 2 nitrogen and oxygen atoms in total. The fraction of sp³-hybridized carbons (Fsp3) is 0. The Labute approximate surface area is 46.8 Å². The molecule has 0 atom stereocenters. The second-order valence-electron chi connectivity index (χ2n) is 1.31. The average Bonchev–Trinajstić information content (AvgIpc) is 1.94. The third-order valence-corrected chi connectivity index (χ3v) is 0.694. The van der Waals surface area contributed by atoms with Crippen LogP contribution in [0.4, 0.5) is 0 Å². The summed E-state index contributed by atoms with van der Waals surface area (Å²) in [5.41, 5.74) is -0.185. The summed E-state index contributed by atoms with van der Waals surface area (Å²) < 4.78 is 0. The lowest BCUT2D eigenvalue weighted by molar-refractivity contribution is 1.32. The van der Waals surface area contributed by atoms with Gasteiger partial charge in [0, 0.05) is 6.20 Å². The molecule has 8 heavy (non-hydrogen) atoms. The number of rotatable bonds is 0. The Morgan fingerprint density at radius 1 is 1.50 bits per heavy atom. The van der Waals surface area contributed by atoms with Gasteiger partial charge in [0.15, 0.2) is 0 Å². The maximum atomic E-state index is 10.4. The summed E-state index contributed by atoms with van der Waals surface area (Å²) in [5.74, 6) is 0. The highest BCUT2D eigenvalue weighted by Crippen LogP contribution is 1.67. The molecular formula is C6H4NO. The van der Waals surface area contributed by atoms with E-state index in [1.54, 1.807) is 12.1 Å². The van der Waals surface area contributed by atoms with Crippen LogP contribution in [0.5, 0.6) is 0 Å². The van der Waals surface area contributed by atoms with E-state index in [4.69, 9.17) is 0 Å². The summed E-state index contributed by atoms with van der Waals surface area (Å²) in [6, 6.07) is 4.72. The maximum Gasteiger partial charge on any atom is 0.206 e. The highest BCUT2D eigenvalue weighted by atomic mass is 16.1. The van der Waals surface area contributed by atoms with Crippen molar-refractivity contribution >= 4 is 0 Å². The first-order chi connectivity index (χ1) is 3.89. The molecule has 2 heteroatoms. The number of aromatic nitrogens is 1. The Kier molecular flexibility index (Phi) is 1.37. The van der Waals surface area contributed by atoms with Crippen LogP contribution < -0.4 is 5.43 Å². The molecule has 1 aromatic rings. The van der Waals surface area contributed by atoms with Gasteiger partial charge in [-0.25, -0.2) is 0 Å². The van der Waals surface area contributed by atoms with Crippen LogP contribution in [0, 0.1) is 6.20 Å². The van der Waals surface area contributed by atoms with Crippen LogP contribution >= 0.6 is 0 Å². The molecule has 0 amide bonds. The molecule has 0 fully saturated rings. The first-order valence-corrected chi connectivity index (χ1v) is 2.22. The van der Waals surface area contributed by atoms with Crippen molar-refractivity contribution in [2.75, 3.05) is 0 Å². The summed E-state index contributed by atoms with van der Waals surface area (Å²) in [5, 5.41) is 0. The lowest BCUT2D eigenvalue weighted by Crippen LogP contribution is -1.90. The van der Waals surface area contributed by atoms with Crippen molar-refractivity contribution in [1.29, 1.82) is 0 Å². The quantitative estimate of drug-likeness (QED) is 0.474. The SMILES string of the molecule is O=c1[c]ncccc1. The van der Waals surface area contributed by atoms with Crippen LogP contribution in [0.25, 0.3) is 0 Å². The highest BCUT2D eigenvalue weighted by Gasteiger charge is 1.72. The summed E-state index contributed by atoms with van der Waals surface area (Å²) in [7, 11) is 0. The number of hydrogen-bond donors (Lipinski definition) is 0. The van der Waals surface area contributed by atoms with Gasteiger partial charge < -0.3 is 0 Å². The second-order valence-corrected chi connectivity index (χ2v) is 1.31. The van der Waals surface area contributed by atoms with Crippen LogP contribution in [0.3, 0.4) is 0 Å². The molecule has 1 heterocycles. The third-order valence-electron chi connectivity index (χ3n) is 0.694. The zero-order chi connectivity index (χ0) is 5.82. The minimum atomic E-state index is -0.185. The summed E-state index contributed by atoms with van der Waals surface area (Å²) in [6.07, 6.45) is 3.77. The van der Waals surface area contributed by atoms with E-state index in [1.807, 2.05) is 0 Å². The standard InChI is InChI=1S/C6H4NO/c8-6-3-1-2-4-7-5-6/h1-4H. The summed E-state index contributed by atoms with van der Waals surface area (Å²) in [4.78, 5) is 13.9. The Morgan fingerprint density at radius 3 is 3.25 bits per heavy atom. The number of nitrogens with zero attached hydrogens (tertiary/aromatic N) is 1. The molecule has 1 rings (SSSR count). The largest absolute Gasteiger partial charge is 0.287 e. The molecule has 0 aliphatic rings.